The first kappa shape index (κ1) is 14.3. The summed E-state index contributed by atoms with van der Waals surface area (Å²) in [7, 11) is -3.54. The Bertz CT molecular complexity index is 430. The summed E-state index contributed by atoms with van der Waals surface area (Å²) in [5.74, 6) is 0.645. The van der Waals surface area contributed by atoms with E-state index in [0.717, 1.165) is 6.26 Å². The summed E-state index contributed by atoms with van der Waals surface area (Å²) in [4.78, 5) is 0. The van der Waals surface area contributed by atoms with Gasteiger partial charge in [0, 0.05) is 0 Å². The van der Waals surface area contributed by atoms with Crippen LogP contribution in [0, 0.1) is 0 Å². The second kappa shape index (κ2) is 6.23. The maximum atomic E-state index is 11.0. The molecule has 0 fully saturated rings. The standard InChI is InChI=1S/C11H15ClO4S/c1-9(12)11(16-17(2,13)14)8-15-10-6-4-3-5-7-10/h3-7,9,11H,8H2,1-2H3/t9-,11-/m1/s1. The average Bonchev–Trinajstić information content (AvgIpc) is 2.24. The zero-order valence-electron chi connectivity index (χ0n) is 9.67. The molecule has 0 unspecified atom stereocenters. The van der Waals surface area contributed by atoms with Gasteiger partial charge in [-0.05, 0) is 19.1 Å². The fourth-order valence-electron chi connectivity index (χ4n) is 1.16. The first-order chi connectivity index (χ1) is 7.88. The van der Waals surface area contributed by atoms with Crippen molar-refractivity contribution in [2.75, 3.05) is 12.9 Å². The number of hydrogen-bond donors (Lipinski definition) is 0. The Hall–Kier alpha value is -0.780. The van der Waals surface area contributed by atoms with Gasteiger partial charge in [-0.15, -0.1) is 11.6 Å². The van der Waals surface area contributed by atoms with E-state index in [1.165, 1.54) is 0 Å². The van der Waals surface area contributed by atoms with E-state index in [-0.39, 0.29) is 6.61 Å². The van der Waals surface area contributed by atoms with E-state index in [1.807, 2.05) is 18.2 Å². The molecule has 0 N–H and O–H groups in total. The molecule has 4 nitrogen and oxygen atoms in total. The summed E-state index contributed by atoms with van der Waals surface area (Å²) in [5, 5.41) is -0.464. The lowest BCUT2D eigenvalue weighted by molar-refractivity contribution is 0.135. The third-order valence-electron chi connectivity index (χ3n) is 1.97. The van der Waals surface area contributed by atoms with Crippen molar-refractivity contribution in [3.63, 3.8) is 0 Å². The van der Waals surface area contributed by atoms with Gasteiger partial charge in [0.25, 0.3) is 10.1 Å². The normalized spacial score (nSPS) is 15.2. The molecule has 0 radical (unpaired) electrons. The molecular weight excluding hydrogens is 264 g/mol. The Morgan fingerprint density at radius 3 is 2.35 bits per heavy atom. The molecule has 2 atom stereocenters. The van der Waals surface area contributed by atoms with Crippen molar-refractivity contribution in [3.05, 3.63) is 30.3 Å². The Labute approximate surface area is 107 Å². The third-order valence-corrected chi connectivity index (χ3v) is 2.85. The minimum atomic E-state index is -3.54. The summed E-state index contributed by atoms with van der Waals surface area (Å²) >= 11 is 5.85. The van der Waals surface area contributed by atoms with Crippen LogP contribution in [0.2, 0.25) is 0 Å². The van der Waals surface area contributed by atoms with E-state index in [4.69, 9.17) is 20.5 Å². The molecule has 0 aliphatic carbocycles. The number of ether oxygens (including phenoxy) is 1. The van der Waals surface area contributed by atoms with E-state index >= 15 is 0 Å². The molecule has 6 heteroatoms. The summed E-state index contributed by atoms with van der Waals surface area (Å²) in [5.41, 5.74) is 0. The number of para-hydroxylation sites is 1. The molecule has 0 amide bonds. The topological polar surface area (TPSA) is 52.6 Å². The zero-order chi connectivity index (χ0) is 12.9. The van der Waals surface area contributed by atoms with Gasteiger partial charge in [-0.3, -0.25) is 4.18 Å². The first-order valence-corrected chi connectivity index (χ1v) is 7.34. The molecule has 1 aromatic rings. The maximum absolute atomic E-state index is 11.0. The first-order valence-electron chi connectivity index (χ1n) is 5.08. The van der Waals surface area contributed by atoms with Crippen molar-refractivity contribution in [1.82, 2.24) is 0 Å². The largest absolute Gasteiger partial charge is 0.491 e. The van der Waals surface area contributed by atoms with Crippen LogP contribution in [-0.2, 0) is 14.3 Å². The highest BCUT2D eigenvalue weighted by Gasteiger charge is 2.21. The van der Waals surface area contributed by atoms with Crippen molar-refractivity contribution in [3.8, 4) is 5.75 Å². The molecule has 0 aromatic heterocycles. The van der Waals surface area contributed by atoms with Crippen molar-refractivity contribution in [1.29, 1.82) is 0 Å². The Kier molecular flexibility index (Phi) is 5.24. The molecule has 96 valence electrons. The number of hydrogen-bond acceptors (Lipinski definition) is 4. The van der Waals surface area contributed by atoms with Gasteiger partial charge in [-0.25, -0.2) is 0 Å². The predicted molar refractivity (Wildman–Crippen MR) is 67.0 cm³/mol. The molecule has 0 aliphatic heterocycles. The van der Waals surface area contributed by atoms with E-state index < -0.39 is 21.6 Å². The number of benzene rings is 1. The monoisotopic (exact) mass is 278 g/mol. The highest BCUT2D eigenvalue weighted by atomic mass is 35.5. The van der Waals surface area contributed by atoms with Crippen molar-refractivity contribution < 1.29 is 17.3 Å². The van der Waals surface area contributed by atoms with E-state index in [0.29, 0.717) is 5.75 Å². The molecule has 0 spiro atoms. The minimum absolute atomic E-state index is 0.0851. The highest BCUT2D eigenvalue weighted by molar-refractivity contribution is 7.86. The molecule has 0 bridgehead atoms. The predicted octanol–water partition coefficient (Wildman–Crippen LogP) is 2.04. The molecular formula is C11H15ClO4S. The lowest BCUT2D eigenvalue weighted by Gasteiger charge is -2.18. The number of rotatable bonds is 6. The summed E-state index contributed by atoms with van der Waals surface area (Å²) < 4.78 is 32.3. The van der Waals surface area contributed by atoms with Crippen LogP contribution in [0.5, 0.6) is 5.75 Å². The van der Waals surface area contributed by atoms with E-state index in [9.17, 15) is 8.42 Å². The molecule has 0 aliphatic rings. The van der Waals surface area contributed by atoms with Crippen LogP contribution < -0.4 is 4.74 Å². The SMILES string of the molecule is C[C@@H](Cl)[C@@H](COc1ccccc1)OS(C)(=O)=O. The molecule has 1 rings (SSSR count). The average molecular weight is 279 g/mol. The Morgan fingerprint density at radius 2 is 1.88 bits per heavy atom. The second-order valence-electron chi connectivity index (χ2n) is 3.64. The third kappa shape index (κ3) is 5.91. The van der Waals surface area contributed by atoms with Crippen LogP contribution in [0.15, 0.2) is 30.3 Å². The Balaban J connectivity index is 2.57. The molecule has 1 aromatic carbocycles. The maximum Gasteiger partial charge on any atom is 0.264 e. The quantitative estimate of drug-likeness (QED) is 0.590. The lowest BCUT2D eigenvalue weighted by atomic mass is 10.3. The van der Waals surface area contributed by atoms with Gasteiger partial charge in [0.2, 0.25) is 0 Å². The summed E-state index contributed by atoms with van der Waals surface area (Å²) in [6, 6.07) is 9.06. The van der Waals surface area contributed by atoms with Crippen LogP contribution in [0.3, 0.4) is 0 Å². The van der Waals surface area contributed by atoms with Gasteiger partial charge in [0.1, 0.15) is 18.5 Å². The highest BCUT2D eigenvalue weighted by Crippen LogP contribution is 2.14. The van der Waals surface area contributed by atoms with Crippen LogP contribution in [0.25, 0.3) is 0 Å². The molecule has 0 heterocycles. The van der Waals surface area contributed by atoms with Gasteiger partial charge in [-0.2, -0.15) is 8.42 Å². The van der Waals surface area contributed by atoms with Crippen molar-refractivity contribution >= 4 is 21.7 Å². The molecule has 0 saturated carbocycles. The fraction of sp³-hybridized carbons (Fsp3) is 0.455. The van der Waals surface area contributed by atoms with E-state index in [1.54, 1.807) is 19.1 Å². The molecule has 0 saturated heterocycles. The van der Waals surface area contributed by atoms with Gasteiger partial charge in [0.05, 0.1) is 11.6 Å². The van der Waals surface area contributed by atoms with Crippen molar-refractivity contribution in [2.24, 2.45) is 0 Å². The van der Waals surface area contributed by atoms with Crippen molar-refractivity contribution in [2.45, 2.75) is 18.4 Å². The van der Waals surface area contributed by atoms with Crippen LogP contribution in [-0.4, -0.2) is 32.8 Å². The zero-order valence-corrected chi connectivity index (χ0v) is 11.2. The minimum Gasteiger partial charge on any atom is -0.491 e. The molecule has 17 heavy (non-hydrogen) atoms. The summed E-state index contributed by atoms with van der Waals surface area (Å²) in [6.45, 7) is 1.74. The summed E-state index contributed by atoms with van der Waals surface area (Å²) in [6.07, 6.45) is 0.286. The van der Waals surface area contributed by atoms with Crippen LogP contribution >= 0.6 is 11.6 Å². The van der Waals surface area contributed by atoms with Gasteiger partial charge in [0.15, 0.2) is 0 Å². The number of halogens is 1. The Morgan fingerprint density at radius 1 is 1.29 bits per heavy atom. The number of alkyl halides is 1. The fourth-order valence-corrected chi connectivity index (χ4v) is 2.01. The van der Waals surface area contributed by atoms with Gasteiger partial charge < -0.3 is 4.74 Å². The smallest absolute Gasteiger partial charge is 0.264 e. The van der Waals surface area contributed by atoms with Gasteiger partial charge >= 0.3 is 0 Å². The van der Waals surface area contributed by atoms with Crippen LogP contribution in [0.4, 0.5) is 0 Å². The van der Waals surface area contributed by atoms with Crippen LogP contribution in [0.1, 0.15) is 6.92 Å². The second-order valence-corrected chi connectivity index (χ2v) is 5.93. The van der Waals surface area contributed by atoms with E-state index in [2.05, 4.69) is 0 Å². The van der Waals surface area contributed by atoms with Gasteiger partial charge in [-0.1, -0.05) is 18.2 Å². The lowest BCUT2D eigenvalue weighted by Crippen LogP contribution is -2.31.